The lowest BCUT2D eigenvalue weighted by Crippen LogP contribution is -2.25. The van der Waals surface area contributed by atoms with Crippen LogP contribution in [0.1, 0.15) is 22.3 Å². The number of hydrogen-bond donors (Lipinski definition) is 0. The molecule has 0 bridgehead atoms. The molecule has 128 valence electrons. The summed E-state index contributed by atoms with van der Waals surface area (Å²) in [4.78, 5) is 21.8. The van der Waals surface area contributed by atoms with Gasteiger partial charge < -0.3 is 0 Å². The SMILES string of the molecule is C1=NC(c2ccncc2)(c2cccc(-c3cncnc3)c2)c2cnccc21. The van der Waals surface area contributed by atoms with E-state index in [1.165, 1.54) is 6.33 Å². The van der Waals surface area contributed by atoms with Gasteiger partial charge in [0.1, 0.15) is 11.9 Å². The lowest BCUT2D eigenvalue weighted by Gasteiger charge is -2.29. The van der Waals surface area contributed by atoms with Crippen LogP contribution in [0.3, 0.4) is 0 Å². The standard InChI is InChI=1S/C22H15N5/c1-2-16(18-11-25-15-26-12-18)10-20(3-1)22(19-5-8-23-9-6-19)21-14-24-7-4-17(21)13-27-22/h1-15H. The van der Waals surface area contributed by atoms with Crippen LogP contribution in [0.25, 0.3) is 11.1 Å². The summed E-state index contributed by atoms with van der Waals surface area (Å²) >= 11 is 0. The molecule has 1 aliphatic rings. The summed E-state index contributed by atoms with van der Waals surface area (Å²) in [7, 11) is 0. The van der Waals surface area contributed by atoms with Gasteiger partial charge in [-0.2, -0.15) is 0 Å². The van der Waals surface area contributed by atoms with Crippen LogP contribution in [0.15, 0.2) is 91.0 Å². The fraction of sp³-hybridized carbons (Fsp3) is 0.0455. The Bertz CT molecular complexity index is 1130. The molecule has 0 spiro atoms. The normalized spacial score (nSPS) is 17.6. The van der Waals surface area contributed by atoms with E-state index in [2.05, 4.69) is 38.1 Å². The first-order chi connectivity index (χ1) is 13.4. The highest BCUT2D eigenvalue weighted by Gasteiger charge is 2.40. The minimum absolute atomic E-state index is 0.641. The summed E-state index contributed by atoms with van der Waals surface area (Å²) in [5.74, 6) is 0. The number of nitrogens with zero attached hydrogens (tertiary/aromatic N) is 5. The summed E-state index contributed by atoms with van der Waals surface area (Å²) in [6, 6.07) is 14.4. The zero-order valence-corrected chi connectivity index (χ0v) is 14.4. The van der Waals surface area contributed by atoms with E-state index in [9.17, 15) is 0 Å². The topological polar surface area (TPSA) is 63.9 Å². The number of pyridine rings is 2. The van der Waals surface area contributed by atoms with Gasteiger partial charge >= 0.3 is 0 Å². The minimum atomic E-state index is -0.641. The van der Waals surface area contributed by atoms with E-state index in [1.807, 2.05) is 49.1 Å². The lowest BCUT2D eigenvalue weighted by molar-refractivity contribution is 0.669. The van der Waals surface area contributed by atoms with Crippen molar-refractivity contribution < 1.29 is 0 Å². The Morgan fingerprint density at radius 3 is 2.33 bits per heavy atom. The molecule has 0 radical (unpaired) electrons. The molecule has 1 unspecified atom stereocenters. The van der Waals surface area contributed by atoms with Crippen molar-refractivity contribution in [2.24, 2.45) is 4.99 Å². The van der Waals surface area contributed by atoms with Crippen molar-refractivity contribution in [3.63, 3.8) is 0 Å². The maximum Gasteiger partial charge on any atom is 0.138 e. The first kappa shape index (κ1) is 15.5. The molecular weight excluding hydrogens is 334 g/mol. The van der Waals surface area contributed by atoms with Crippen LogP contribution in [0.4, 0.5) is 0 Å². The van der Waals surface area contributed by atoms with E-state index in [0.29, 0.717) is 0 Å². The molecule has 4 heterocycles. The smallest absolute Gasteiger partial charge is 0.138 e. The molecule has 5 heteroatoms. The number of rotatable bonds is 3. The highest BCUT2D eigenvalue weighted by atomic mass is 14.9. The number of aliphatic imine (C=N–C) groups is 1. The minimum Gasteiger partial charge on any atom is -0.271 e. The Morgan fingerprint density at radius 1 is 0.667 bits per heavy atom. The van der Waals surface area contributed by atoms with Gasteiger partial charge in [-0.15, -0.1) is 0 Å². The molecule has 0 amide bonds. The predicted molar refractivity (Wildman–Crippen MR) is 103 cm³/mol. The van der Waals surface area contributed by atoms with E-state index in [4.69, 9.17) is 4.99 Å². The van der Waals surface area contributed by atoms with E-state index in [0.717, 1.165) is 33.4 Å². The van der Waals surface area contributed by atoms with Gasteiger partial charge in [0.25, 0.3) is 0 Å². The molecule has 1 aromatic carbocycles. The van der Waals surface area contributed by atoms with Gasteiger partial charge in [-0.25, -0.2) is 9.97 Å². The summed E-state index contributed by atoms with van der Waals surface area (Å²) in [6.07, 6.45) is 14.4. The van der Waals surface area contributed by atoms with Crippen molar-refractivity contribution in [3.8, 4) is 11.1 Å². The van der Waals surface area contributed by atoms with Crippen molar-refractivity contribution >= 4 is 6.21 Å². The fourth-order valence-corrected chi connectivity index (χ4v) is 3.65. The molecule has 0 aliphatic carbocycles. The monoisotopic (exact) mass is 349 g/mol. The van der Waals surface area contributed by atoms with Crippen molar-refractivity contribution in [3.05, 3.63) is 108 Å². The second-order valence-corrected chi connectivity index (χ2v) is 6.38. The van der Waals surface area contributed by atoms with Gasteiger partial charge in [0.2, 0.25) is 0 Å². The molecule has 4 aromatic rings. The van der Waals surface area contributed by atoms with Crippen molar-refractivity contribution in [2.45, 2.75) is 5.54 Å². The molecule has 0 saturated carbocycles. The van der Waals surface area contributed by atoms with E-state index < -0.39 is 5.54 Å². The Balaban J connectivity index is 1.76. The maximum atomic E-state index is 4.99. The highest BCUT2D eigenvalue weighted by Crippen LogP contribution is 2.45. The van der Waals surface area contributed by atoms with Gasteiger partial charge in [-0.05, 0) is 41.0 Å². The van der Waals surface area contributed by atoms with Crippen LogP contribution in [0.5, 0.6) is 0 Å². The Morgan fingerprint density at radius 2 is 1.48 bits per heavy atom. The Labute approximate surface area is 156 Å². The van der Waals surface area contributed by atoms with E-state index in [-0.39, 0.29) is 0 Å². The molecule has 5 rings (SSSR count). The summed E-state index contributed by atoms with van der Waals surface area (Å²) in [6.45, 7) is 0. The van der Waals surface area contributed by atoms with Gasteiger partial charge in [0.15, 0.2) is 0 Å². The molecule has 1 aliphatic heterocycles. The van der Waals surface area contributed by atoms with Gasteiger partial charge in [-0.1, -0.05) is 18.2 Å². The van der Waals surface area contributed by atoms with Gasteiger partial charge in [-0.3, -0.25) is 15.0 Å². The largest absolute Gasteiger partial charge is 0.271 e. The lowest BCUT2D eigenvalue weighted by atomic mass is 9.78. The van der Waals surface area contributed by atoms with Crippen LogP contribution in [-0.4, -0.2) is 26.2 Å². The van der Waals surface area contributed by atoms with Crippen LogP contribution in [-0.2, 0) is 5.54 Å². The van der Waals surface area contributed by atoms with Crippen molar-refractivity contribution in [2.75, 3.05) is 0 Å². The third-order valence-electron chi connectivity index (χ3n) is 4.91. The van der Waals surface area contributed by atoms with Crippen LogP contribution < -0.4 is 0 Å². The molecular formula is C22H15N5. The average molecular weight is 349 g/mol. The summed E-state index contributed by atoms with van der Waals surface area (Å²) in [5.41, 5.74) is 5.65. The molecule has 0 N–H and O–H groups in total. The molecule has 3 aromatic heterocycles. The fourth-order valence-electron chi connectivity index (χ4n) is 3.65. The predicted octanol–water partition coefficient (Wildman–Crippen LogP) is 3.66. The van der Waals surface area contributed by atoms with Gasteiger partial charge in [0.05, 0.1) is 0 Å². The molecule has 0 saturated heterocycles. The van der Waals surface area contributed by atoms with Crippen molar-refractivity contribution in [1.29, 1.82) is 0 Å². The van der Waals surface area contributed by atoms with Crippen LogP contribution in [0, 0.1) is 0 Å². The number of hydrogen-bond acceptors (Lipinski definition) is 5. The first-order valence-electron chi connectivity index (χ1n) is 8.64. The zero-order valence-electron chi connectivity index (χ0n) is 14.4. The molecule has 1 atom stereocenters. The maximum absolute atomic E-state index is 4.99. The summed E-state index contributed by atoms with van der Waals surface area (Å²) in [5, 5.41) is 0. The molecule has 0 fully saturated rings. The third-order valence-corrected chi connectivity index (χ3v) is 4.91. The third kappa shape index (κ3) is 2.44. The average Bonchev–Trinajstić information content (AvgIpc) is 3.16. The quantitative estimate of drug-likeness (QED) is 0.566. The molecule has 5 nitrogen and oxygen atoms in total. The highest BCUT2D eigenvalue weighted by molar-refractivity contribution is 5.88. The first-order valence-corrected chi connectivity index (χ1v) is 8.64. The Hall–Kier alpha value is -3.73. The number of aromatic nitrogens is 4. The van der Waals surface area contributed by atoms with Gasteiger partial charge in [0, 0.05) is 60.1 Å². The zero-order chi connectivity index (χ0) is 18.1. The second-order valence-electron chi connectivity index (χ2n) is 6.38. The van der Waals surface area contributed by atoms with Crippen molar-refractivity contribution in [1.82, 2.24) is 19.9 Å². The van der Waals surface area contributed by atoms with Crippen LogP contribution >= 0.6 is 0 Å². The number of benzene rings is 1. The van der Waals surface area contributed by atoms with Crippen LogP contribution in [0.2, 0.25) is 0 Å². The van der Waals surface area contributed by atoms with E-state index in [1.54, 1.807) is 18.6 Å². The second kappa shape index (κ2) is 6.21. The Kier molecular flexibility index (Phi) is 3.57. The molecule has 27 heavy (non-hydrogen) atoms. The number of fused-ring (bicyclic) bond motifs is 1. The summed E-state index contributed by atoms with van der Waals surface area (Å²) < 4.78 is 0. The van der Waals surface area contributed by atoms with E-state index >= 15 is 0 Å².